The summed E-state index contributed by atoms with van der Waals surface area (Å²) in [6.07, 6.45) is 1.19. The molecule has 0 radical (unpaired) electrons. The third-order valence-electron chi connectivity index (χ3n) is 4.28. The van der Waals surface area contributed by atoms with E-state index in [1.807, 2.05) is 26.0 Å². The van der Waals surface area contributed by atoms with Crippen molar-refractivity contribution in [2.45, 2.75) is 18.7 Å². The highest BCUT2D eigenvalue weighted by atomic mass is 32.2. The quantitative estimate of drug-likeness (QED) is 0.512. The predicted molar refractivity (Wildman–Crippen MR) is 118 cm³/mol. The van der Waals surface area contributed by atoms with Gasteiger partial charge < -0.3 is 16.4 Å². The van der Waals surface area contributed by atoms with Gasteiger partial charge in [-0.25, -0.2) is 13.4 Å². The molecule has 3 rings (SSSR count). The zero-order valence-corrected chi connectivity index (χ0v) is 17.5. The van der Waals surface area contributed by atoms with E-state index in [1.165, 1.54) is 6.26 Å². The van der Waals surface area contributed by atoms with Gasteiger partial charge in [0.05, 0.1) is 10.6 Å². The normalized spacial score (nSPS) is 11.3. The Kier molecular flexibility index (Phi) is 6.03. The SMILES string of the molecule is Cc1cc(C)cc(-c2cc(NCCNc3cccc(S(C)(=O)=O)c3)nc(N)n2)c1. The van der Waals surface area contributed by atoms with E-state index in [4.69, 9.17) is 5.73 Å². The largest absolute Gasteiger partial charge is 0.383 e. The van der Waals surface area contributed by atoms with Gasteiger partial charge in [-0.2, -0.15) is 4.98 Å². The van der Waals surface area contributed by atoms with Crippen LogP contribution < -0.4 is 16.4 Å². The van der Waals surface area contributed by atoms with Gasteiger partial charge >= 0.3 is 0 Å². The van der Waals surface area contributed by atoms with Crippen molar-refractivity contribution >= 4 is 27.3 Å². The average Bonchev–Trinajstić information content (AvgIpc) is 2.64. The fraction of sp³-hybridized carbons (Fsp3) is 0.238. The van der Waals surface area contributed by atoms with Crippen LogP contribution in [-0.2, 0) is 9.84 Å². The van der Waals surface area contributed by atoms with E-state index >= 15 is 0 Å². The Balaban J connectivity index is 1.65. The van der Waals surface area contributed by atoms with Gasteiger partial charge in [0.25, 0.3) is 0 Å². The molecular weight excluding hydrogens is 386 g/mol. The molecule has 0 spiro atoms. The molecule has 29 heavy (non-hydrogen) atoms. The van der Waals surface area contributed by atoms with Gasteiger partial charge in [-0.3, -0.25) is 0 Å². The van der Waals surface area contributed by atoms with E-state index in [0.717, 1.165) is 28.1 Å². The Hall–Kier alpha value is -3.13. The maximum atomic E-state index is 11.7. The molecule has 4 N–H and O–H groups in total. The number of anilines is 3. The fourth-order valence-electron chi connectivity index (χ4n) is 3.06. The van der Waals surface area contributed by atoms with Gasteiger partial charge in [0.15, 0.2) is 9.84 Å². The fourth-order valence-corrected chi connectivity index (χ4v) is 3.73. The molecule has 2 aromatic carbocycles. The van der Waals surface area contributed by atoms with Gasteiger partial charge in [-0.05, 0) is 44.2 Å². The Morgan fingerprint density at radius 2 is 1.62 bits per heavy atom. The first-order valence-electron chi connectivity index (χ1n) is 9.22. The highest BCUT2D eigenvalue weighted by Crippen LogP contribution is 2.23. The summed E-state index contributed by atoms with van der Waals surface area (Å²) in [5.41, 5.74) is 10.7. The molecule has 3 aromatic rings. The first-order valence-corrected chi connectivity index (χ1v) is 11.1. The molecule has 0 unspecified atom stereocenters. The van der Waals surface area contributed by atoms with Crippen LogP contribution in [0.2, 0.25) is 0 Å². The number of aryl methyl sites for hydroxylation is 2. The average molecular weight is 412 g/mol. The third-order valence-corrected chi connectivity index (χ3v) is 5.39. The summed E-state index contributed by atoms with van der Waals surface area (Å²) in [6, 6.07) is 14.9. The van der Waals surface area contributed by atoms with Crippen molar-refractivity contribution < 1.29 is 8.42 Å². The molecule has 1 heterocycles. The molecule has 0 atom stereocenters. The molecule has 152 valence electrons. The van der Waals surface area contributed by atoms with E-state index in [1.54, 1.807) is 18.2 Å². The molecule has 0 bridgehead atoms. The second-order valence-electron chi connectivity index (χ2n) is 7.03. The number of aromatic nitrogens is 2. The van der Waals surface area contributed by atoms with Crippen molar-refractivity contribution in [3.63, 3.8) is 0 Å². The predicted octanol–water partition coefficient (Wildman–Crippen LogP) is 3.27. The molecule has 0 saturated heterocycles. The molecule has 1 aromatic heterocycles. The van der Waals surface area contributed by atoms with Crippen molar-refractivity contribution in [1.29, 1.82) is 0 Å². The first kappa shape index (κ1) is 20.6. The Labute approximate surface area is 171 Å². The van der Waals surface area contributed by atoms with Crippen molar-refractivity contribution in [3.05, 3.63) is 59.7 Å². The topological polar surface area (TPSA) is 110 Å². The second kappa shape index (κ2) is 8.48. The minimum atomic E-state index is -3.23. The van der Waals surface area contributed by atoms with Crippen molar-refractivity contribution in [1.82, 2.24) is 9.97 Å². The maximum Gasteiger partial charge on any atom is 0.222 e. The molecule has 0 amide bonds. The second-order valence-corrected chi connectivity index (χ2v) is 9.04. The first-order chi connectivity index (χ1) is 13.7. The lowest BCUT2D eigenvalue weighted by molar-refractivity contribution is 0.602. The Morgan fingerprint density at radius 1 is 0.931 bits per heavy atom. The molecule has 0 fully saturated rings. The number of hydrogen-bond acceptors (Lipinski definition) is 7. The van der Waals surface area contributed by atoms with Crippen LogP contribution in [0.4, 0.5) is 17.5 Å². The van der Waals surface area contributed by atoms with Crippen molar-refractivity contribution in [3.8, 4) is 11.3 Å². The van der Waals surface area contributed by atoms with Crippen molar-refractivity contribution in [2.75, 3.05) is 35.7 Å². The third kappa shape index (κ3) is 5.68. The summed E-state index contributed by atoms with van der Waals surface area (Å²) in [7, 11) is -3.23. The minimum absolute atomic E-state index is 0.206. The number of nitrogens with one attached hydrogen (secondary N) is 2. The molecule has 0 aliphatic heterocycles. The Bertz CT molecular complexity index is 1110. The molecule has 0 aliphatic carbocycles. The number of nitrogens with zero attached hydrogens (tertiary/aromatic N) is 2. The molecule has 0 aliphatic rings. The smallest absolute Gasteiger partial charge is 0.222 e. The number of rotatable bonds is 7. The van der Waals surface area contributed by atoms with E-state index < -0.39 is 9.84 Å². The zero-order chi connectivity index (χ0) is 21.0. The summed E-state index contributed by atoms with van der Waals surface area (Å²) in [5.74, 6) is 0.844. The standard InChI is InChI=1S/C21H25N5O2S/c1-14-9-15(2)11-16(10-14)19-13-20(26-21(22)25-19)24-8-7-23-17-5-4-6-18(12-17)29(3,27)28/h4-6,9-13,23H,7-8H2,1-3H3,(H3,22,24,25,26). The van der Waals surface area contributed by atoms with Crippen molar-refractivity contribution in [2.24, 2.45) is 0 Å². The monoisotopic (exact) mass is 411 g/mol. The van der Waals surface area contributed by atoms with Gasteiger partial charge in [-0.1, -0.05) is 23.3 Å². The van der Waals surface area contributed by atoms with Crippen LogP contribution in [0.15, 0.2) is 53.4 Å². The van der Waals surface area contributed by atoms with E-state index in [2.05, 4.69) is 38.8 Å². The molecule has 0 saturated carbocycles. The van der Waals surface area contributed by atoms with Crippen LogP contribution in [0.25, 0.3) is 11.3 Å². The number of sulfone groups is 1. The van der Waals surface area contributed by atoms with Gasteiger partial charge in [0.1, 0.15) is 5.82 Å². The van der Waals surface area contributed by atoms with Gasteiger partial charge in [0.2, 0.25) is 5.95 Å². The molecule has 8 heteroatoms. The lowest BCUT2D eigenvalue weighted by atomic mass is 10.0. The van der Waals surface area contributed by atoms with E-state index in [9.17, 15) is 8.42 Å². The number of hydrogen-bond donors (Lipinski definition) is 3. The van der Waals surface area contributed by atoms with Gasteiger partial charge in [-0.15, -0.1) is 0 Å². The summed E-state index contributed by atoms with van der Waals surface area (Å²) < 4.78 is 23.3. The highest BCUT2D eigenvalue weighted by Gasteiger charge is 2.08. The lowest BCUT2D eigenvalue weighted by Gasteiger charge is -2.11. The summed E-state index contributed by atoms with van der Waals surface area (Å²) >= 11 is 0. The number of nitrogens with two attached hydrogens (primary N) is 1. The maximum absolute atomic E-state index is 11.7. The van der Waals surface area contributed by atoms with Crippen LogP contribution >= 0.6 is 0 Å². The highest BCUT2D eigenvalue weighted by molar-refractivity contribution is 7.90. The summed E-state index contributed by atoms with van der Waals surface area (Å²) in [6.45, 7) is 5.25. The summed E-state index contributed by atoms with van der Waals surface area (Å²) in [5, 5.41) is 6.43. The van der Waals surface area contributed by atoms with Crippen LogP contribution in [0.1, 0.15) is 11.1 Å². The van der Waals surface area contributed by atoms with E-state index in [0.29, 0.717) is 18.9 Å². The van der Waals surface area contributed by atoms with Gasteiger partial charge in [0, 0.05) is 36.7 Å². The summed E-state index contributed by atoms with van der Waals surface area (Å²) in [4.78, 5) is 8.88. The van der Waals surface area contributed by atoms with Crippen LogP contribution in [0.3, 0.4) is 0 Å². The van der Waals surface area contributed by atoms with E-state index in [-0.39, 0.29) is 10.8 Å². The Morgan fingerprint density at radius 3 is 2.31 bits per heavy atom. The number of benzene rings is 2. The van der Waals surface area contributed by atoms with Crippen LogP contribution in [0, 0.1) is 13.8 Å². The van der Waals surface area contributed by atoms with Crippen LogP contribution in [-0.4, -0.2) is 37.7 Å². The lowest BCUT2D eigenvalue weighted by Crippen LogP contribution is -2.15. The molecular formula is C21H25N5O2S. The minimum Gasteiger partial charge on any atom is -0.383 e. The number of nitrogen functional groups attached to an aromatic ring is 1. The zero-order valence-electron chi connectivity index (χ0n) is 16.7. The molecule has 7 nitrogen and oxygen atoms in total. The van der Waals surface area contributed by atoms with Crippen LogP contribution in [0.5, 0.6) is 0 Å².